The van der Waals surface area contributed by atoms with Crippen LogP contribution in [0.3, 0.4) is 0 Å². The van der Waals surface area contributed by atoms with Gasteiger partial charge in [0.25, 0.3) is 0 Å². The molecule has 0 amide bonds. The Morgan fingerprint density at radius 3 is 1.66 bits per heavy atom. The van der Waals surface area contributed by atoms with Gasteiger partial charge in [0.1, 0.15) is 11.6 Å². The number of allylic oxidation sites excluding steroid dienone is 2. The maximum absolute atomic E-state index is 9.52. The molecule has 4 aromatic carbocycles. The maximum atomic E-state index is 9.52. The number of thiophene rings is 1. The molecule has 0 bridgehead atoms. The average molecular weight is 583 g/mol. The predicted molar refractivity (Wildman–Crippen MR) is 184 cm³/mol. The maximum Gasteiger partial charge on any atom is 0.108 e. The van der Waals surface area contributed by atoms with Crippen molar-refractivity contribution in [1.29, 1.82) is 10.5 Å². The van der Waals surface area contributed by atoms with Crippen molar-refractivity contribution in [2.45, 2.75) is 20.8 Å². The standard InChI is InChI=1S/C39H26N4S/c1-5-27(23-41)19-33-26(4)43(37-13-9-7-11-31(33)37)29-15-17-39-35(21-29)34-20-28(14-16-38(34)44-39)42-25(3)32(18-24(2)22-40)30-10-6-8-12-36(30)42/h1,6-21H,2-4H3/b24-18+,27-19+. The molecule has 0 aliphatic rings. The Bertz CT molecular complexity index is 2490. The summed E-state index contributed by atoms with van der Waals surface area (Å²) >= 11 is 1.79. The molecule has 0 radical (unpaired) electrons. The number of hydrogen-bond donors (Lipinski definition) is 0. The van der Waals surface area contributed by atoms with Crippen LogP contribution in [0.2, 0.25) is 0 Å². The van der Waals surface area contributed by atoms with E-state index < -0.39 is 0 Å². The van der Waals surface area contributed by atoms with Crippen LogP contribution in [0.25, 0.3) is 65.5 Å². The molecule has 0 saturated heterocycles. The number of para-hydroxylation sites is 2. The minimum Gasteiger partial charge on any atom is -0.313 e. The lowest BCUT2D eigenvalue weighted by atomic mass is 10.1. The summed E-state index contributed by atoms with van der Waals surface area (Å²) in [5.41, 5.74) is 9.44. The lowest BCUT2D eigenvalue weighted by molar-refractivity contribution is 1.05. The van der Waals surface area contributed by atoms with Crippen LogP contribution in [-0.2, 0) is 0 Å². The molecule has 0 N–H and O–H groups in total. The highest BCUT2D eigenvalue weighted by Gasteiger charge is 2.18. The van der Waals surface area contributed by atoms with Crippen LogP contribution in [0.5, 0.6) is 0 Å². The van der Waals surface area contributed by atoms with Crippen molar-refractivity contribution in [2.75, 3.05) is 0 Å². The summed E-state index contributed by atoms with van der Waals surface area (Å²) in [5.74, 6) is 2.50. The van der Waals surface area contributed by atoms with E-state index in [2.05, 4.69) is 108 Å². The molecular weight excluding hydrogens is 557 g/mol. The number of terminal acetylenes is 1. The first kappa shape index (κ1) is 27.1. The lowest BCUT2D eigenvalue weighted by Crippen LogP contribution is -1.97. The van der Waals surface area contributed by atoms with Gasteiger partial charge in [-0.2, -0.15) is 10.5 Å². The number of nitrogens with zero attached hydrogens (tertiary/aromatic N) is 4. The zero-order valence-corrected chi connectivity index (χ0v) is 25.3. The van der Waals surface area contributed by atoms with Crippen molar-refractivity contribution in [3.05, 3.63) is 119 Å². The van der Waals surface area contributed by atoms with Crippen molar-refractivity contribution in [3.63, 3.8) is 0 Å². The highest BCUT2D eigenvalue weighted by atomic mass is 32.1. The van der Waals surface area contributed by atoms with Crippen molar-refractivity contribution < 1.29 is 0 Å². The van der Waals surface area contributed by atoms with E-state index in [4.69, 9.17) is 6.42 Å². The van der Waals surface area contributed by atoms with E-state index in [1.165, 1.54) is 20.2 Å². The van der Waals surface area contributed by atoms with Gasteiger partial charge in [0.2, 0.25) is 0 Å². The number of aromatic nitrogens is 2. The topological polar surface area (TPSA) is 57.4 Å². The van der Waals surface area contributed by atoms with Crippen LogP contribution in [0.4, 0.5) is 0 Å². The quantitative estimate of drug-likeness (QED) is 0.153. The van der Waals surface area contributed by atoms with Gasteiger partial charge >= 0.3 is 0 Å². The second kappa shape index (κ2) is 10.5. The molecule has 0 aliphatic carbocycles. The zero-order chi connectivity index (χ0) is 30.5. The van der Waals surface area contributed by atoms with Gasteiger partial charge in [-0.15, -0.1) is 17.8 Å². The molecule has 0 fully saturated rings. The van der Waals surface area contributed by atoms with Crippen molar-refractivity contribution in [2.24, 2.45) is 0 Å². The Hall–Kier alpha value is -5.80. The van der Waals surface area contributed by atoms with Crippen molar-refractivity contribution in [1.82, 2.24) is 9.13 Å². The monoisotopic (exact) mass is 582 g/mol. The van der Waals surface area contributed by atoms with Crippen LogP contribution >= 0.6 is 11.3 Å². The molecule has 0 atom stereocenters. The number of hydrogen-bond acceptors (Lipinski definition) is 3. The smallest absolute Gasteiger partial charge is 0.108 e. The van der Waals surface area contributed by atoms with Crippen molar-refractivity contribution >= 4 is 65.5 Å². The minimum atomic E-state index is 0.303. The number of nitriles is 2. The summed E-state index contributed by atoms with van der Waals surface area (Å²) in [5, 5.41) is 23.6. The van der Waals surface area contributed by atoms with Gasteiger partial charge in [0.15, 0.2) is 0 Å². The molecule has 7 rings (SSSR count). The molecule has 3 heterocycles. The largest absolute Gasteiger partial charge is 0.313 e. The van der Waals surface area contributed by atoms with Gasteiger partial charge < -0.3 is 9.13 Å². The van der Waals surface area contributed by atoms with E-state index in [0.29, 0.717) is 11.1 Å². The first-order valence-electron chi connectivity index (χ1n) is 14.3. The normalized spacial score (nSPS) is 12.2. The van der Waals surface area contributed by atoms with E-state index in [1.807, 2.05) is 37.3 Å². The fourth-order valence-corrected chi connectivity index (χ4v) is 7.41. The molecule has 5 heteroatoms. The summed E-state index contributed by atoms with van der Waals surface area (Å²) < 4.78 is 6.98. The van der Waals surface area contributed by atoms with Crippen molar-refractivity contribution in [3.8, 4) is 35.9 Å². The van der Waals surface area contributed by atoms with E-state index in [-0.39, 0.29) is 0 Å². The van der Waals surface area contributed by atoms with Gasteiger partial charge in [-0.1, -0.05) is 42.3 Å². The van der Waals surface area contributed by atoms with Gasteiger partial charge in [0.05, 0.1) is 17.1 Å². The summed E-state index contributed by atoms with van der Waals surface area (Å²) in [6.45, 7) is 6.04. The van der Waals surface area contributed by atoms with Gasteiger partial charge in [-0.25, -0.2) is 0 Å². The third kappa shape index (κ3) is 4.13. The summed E-state index contributed by atoms with van der Waals surface area (Å²) in [6.07, 6.45) is 9.40. The Morgan fingerprint density at radius 2 is 1.18 bits per heavy atom. The fourth-order valence-electron chi connectivity index (χ4n) is 6.35. The molecule has 0 unspecified atom stereocenters. The van der Waals surface area contributed by atoms with Crippen LogP contribution in [-0.4, -0.2) is 9.13 Å². The van der Waals surface area contributed by atoms with E-state index in [0.717, 1.165) is 55.7 Å². The molecule has 7 aromatic rings. The first-order chi connectivity index (χ1) is 21.4. The van der Waals surface area contributed by atoms with Gasteiger partial charge in [-0.3, -0.25) is 0 Å². The highest BCUT2D eigenvalue weighted by molar-refractivity contribution is 7.25. The molecule has 3 aromatic heterocycles. The first-order valence-corrected chi connectivity index (χ1v) is 15.1. The Balaban J connectivity index is 1.45. The van der Waals surface area contributed by atoms with Gasteiger partial charge in [-0.05, 0) is 81.5 Å². The van der Waals surface area contributed by atoms with E-state index in [1.54, 1.807) is 11.3 Å². The summed E-state index contributed by atoms with van der Waals surface area (Å²) in [6, 6.07) is 34.3. The van der Waals surface area contributed by atoms with Gasteiger partial charge in [0, 0.05) is 70.4 Å². The van der Waals surface area contributed by atoms with Crippen LogP contribution in [0.15, 0.2) is 96.1 Å². The second-order valence-corrected chi connectivity index (χ2v) is 12.0. The predicted octanol–water partition coefficient (Wildman–Crippen LogP) is 10.0. The number of rotatable bonds is 4. The lowest BCUT2D eigenvalue weighted by Gasteiger charge is -2.10. The highest BCUT2D eigenvalue weighted by Crippen LogP contribution is 2.39. The minimum absolute atomic E-state index is 0.303. The molecule has 0 saturated carbocycles. The molecule has 44 heavy (non-hydrogen) atoms. The Morgan fingerprint density at radius 1 is 0.682 bits per heavy atom. The van der Waals surface area contributed by atoms with E-state index in [9.17, 15) is 10.5 Å². The Labute approximate surface area is 259 Å². The third-order valence-corrected chi connectivity index (χ3v) is 9.53. The Kier molecular flexibility index (Phi) is 6.45. The summed E-state index contributed by atoms with van der Waals surface area (Å²) in [4.78, 5) is 0. The summed E-state index contributed by atoms with van der Waals surface area (Å²) in [7, 11) is 0. The number of fused-ring (bicyclic) bond motifs is 5. The molecule has 0 aliphatic heterocycles. The molecule has 0 spiro atoms. The SMILES string of the molecule is C#C/C(C#N)=C\c1c(C)n(-c2ccc3sc4ccc(-n5c(C)c(/C=C(\C)C#N)c6ccccc65)cc4c3c2)c2ccccc12. The zero-order valence-electron chi connectivity index (χ0n) is 24.5. The van der Waals surface area contributed by atoms with Crippen LogP contribution in [0, 0.1) is 48.9 Å². The van der Waals surface area contributed by atoms with Crippen LogP contribution in [0.1, 0.15) is 29.4 Å². The average Bonchev–Trinajstić information content (AvgIpc) is 3.65. The number of benzene rings is 4. The third-order valence-electron chi connectivity index (χ3n) is 8.38. The van der Waals surface area contributed by atoms with Crippen LogP contribution < -0.4 is 0 Å². The second-order valence-electron chi connectivity index (χ2n) is 10.9. The molecular formula is C39H26N4S. The molecule has 208 valence electrons. The van der Waals surface area contributed by atoms with E-state index >= 15 is 0 Å². The molecule has 4 nitrogen and oxygen atoms in total. The fraction of sp³-hybridized carbons (Fsp3) is 0.0769.